The van der Waals surface area contributed by atoms with Gasteiger partial charge in [0.05, 0.1) is 6.61 Å². The second-order valence-electron chi connectivity index (χ2n) is 4.56. The maximum absolute atomic E-state index is 11.7. The van der Waals surface area contributed by atoms with Crippen molar-refractivity contribution in [1.82, 2.24) is 4.57 Å². The number of hydrogen-bond donors (Lipinski definition) is 0. The first-order valence-electron chi connectivity index (χ1n) is 6.46. The molecule has 0 bridgehead atoms. The van der Waals surface area contributed by atoms with Gasteiger partial charge in [-0.2, -0.15) is 0 Å². The zero-order valence-corrected chi connectivity index (χ0v) is 11.7. The van der Waals surface area contributed by atoms with Crippen LogP contribution in [0.25, 0.3) is 10.9 Å². The molecular weight excluding hydrogens is 254 g/mol. The molecule has 0 aliphatic carbocycles. The molecule has 0 fully saturated rings. The van der Waals surface area contributed by atoms with Crippen molar-refractivity contribution in [3.8, 4) is 0 Å². The average molecular weight is 271 g/mol. The van der Waals surface area contributed by atoms with Gasteiger partial charge in [0.2, 0.25) is 0 Å². The van der Waals surface area contributed by atoms with E-state index in [9.17, 15) is 9.59 Å². The van der Waals surface area contributed by atoms with Gasteiger partial charge in [0.1, 0.15) is 0 Å². The van der Waals surface area contributed by atoms with Crippen LogP contribution in [0.3, 0.4) is 0 Å². The number of benzene rings is 1. The van der Waals surface area contributed by atoms with Crippen LogP contribution in [0, 0.1) is 0 Å². The minimum Gasteiger partial charge on any atom is -0.463 e. The van der Waals surface area contributed by atoms with E-state index in [1.807, 2.05) is 35.9 Å². The Balaban J connectivity index is 2.44. The molecule has 0 atom stereocenters. The molecule has 0 amide bonds. The van der Waals surface area contributed by atoms with Crippen molar-refractivity contribution >= 4 is 23.2 Å². The molecule has 0 radical (unpaired) electrons. The zero-order chi connectivity index (χ0) is 14.7. The summed E-state index contributed by atoms with van der Waals surface area (Å²) >= 11 is 0. The monoisotopic (exact) mass is 271 g/mol. The Hall–Kier alpha value is -2.36. The van der Waals surface area contributed by atoms with Crippen molar-refractivity contribution in [2.24, 2.45) is 7.05 Å². The second-order valence-corrected chi connectivity index (χ2v) is 4.56. The molecule has 1 aromatic carbocycles. The number of para-hydroxylation sites is 1. The molecule has 0 N–H and O–H groups in total. The highest BCUT2D eigenvalue weighted by Gasteiger charge is 2.17. The van der Waals surface area contributed by atoms with Crippen LogP contribution in [0.4, 0.5) is 0 Å². The van der Waals surface area contributed by atoms with E-state index in [1.165, 1.54) is 0 Å². The largest absolute Gasteiger partial charge is 0.463 e. The highest BCUT2D eigenvalue weighted by atomic mass is 16.5. The summed E-state index contributed by atoms with van der Waals surface area (Å²) in [6.45, 7) is 5.81. The molecule has 0 spiro atoms. The average Bonchev–Trinajstić information content (AvgIpc) is 2.72. The van der Waals surface area contributed by atoms with E-state index in [2.05, 4.69) is 6.58 Å². The summed E-state index contributed by atoms with van der Waals surface area (Å²) in [4.78, 5) is 23.0. The Labute approximate surface area is 117 Å². The van der Waals surface area contributed by atoms with Gasteiger partial charge >= 0.3 is 5.97 Å². The summed E-state index contributed by atoms with van der Waals surface area (Å²) < 4.78 is 6.85. The first kappa shape index (κ1) is 14.1. The Kier molecular flexibility index (Phi) is 4.03. The number of ether oxygens (including phenoxy) is 1. The molecule has 4 nitrogen and oxygen atoms in total. The number of hydrogen-bond acceptors (Lipinski definition) is 3. The lowest BCUT2D eigenvalue weighted by molar-refractivity contribution is -0.138. The fourth-order valence-electron chi connectivity index (χ4n) is 2.33. The number of aromatic nitrogens is 1. The Morgan fingerprint density at radius 3 is 2.75 bits per heavy atom. The minimum atomic E-state index is -0.422. The summed E-state index contributed by atoms with van der Waals surface area (Å²) in [5, 5.41) is 0.886. The molecule has 0 saturated heterocycles. The summed E-state index contributed by atoms with van der Waals surface area (Å²) in [6.07, 6.45) is 1.13. The van der Waals surface area contributed by atoms with E-state index in [0.29, 0.717) is 24.2 Å². The number of aldehydes is 1. The lowest BCUT2D eigenvalue weighted by atomic mass is 10.1. The first-order valence-corrected chi connectivity index (χ1v) is 6.46. The number of aryl methyl sites for hydroxylation is 1. The highest BCUT2D eigenvalue weighted by Crippen LogP contribution is 2.25. The maximum atomic E-state index is 11.7. The molecular formula is C16H17NO3. The molecule has 1 heterocycles. The Morgan fingerprint density at radius 2 is 2.10 bits per heavy atom. The number of esters is 1. The third-order valence-corrected chi connectivity index (χ3v) is 3.33. The molecule has 20 heavy (non-hydrogen) atoms. The number of carbonyl (C=O) groups excluding carboxylic acids is 2. The van der Waals surface area contributed by atoms with Crippen LogP contribution in [-0.2, 0) is 23.0 Å². The maximum Gasteiger partial charge on any atom is 0.333 e. The number of nitrogens with zero attached hydrogens (tertiary/aromatic N) is 1. The normalized spacial score (nSPS) is 10.5. The van der Waals surface area contributed by atoms with E-state index in [1.54, 1.807) is 6.92 Å². The fraction of sp³-hybridized carbons (Fsp3) is 0.250. The van der Waals surface area contributed by atoms with Crippen molar-refractivity contribution in [2.45, 2.75) is 13.3 Å². The number of carbonyl (C=O) groups is 2. The standard InChI is InChI=1S/C16H17NO3/c1-4-20-16(19)11(2)9-15-13(10-18)12-7-5-6-8-14(12)17(15)3/h5-8,10H,2,4,9H2,1,3H3. The third kappa shape index (κ3) is 2.37. The SMILES string of the molecule is C=C(Cc1c(C=O)c2ccccc2n1C)C(=O)OCC. The van der Waals surface area contributed by atoms with Crippen molar-refractivity contribution in [1.29, 1.82) is 0 Å². The fourth-order valence-corrected chi connectivity index (χ4v) is 2.33. The van der Waals surface area contributed by atoms with Crippen LogP contribution in [0.5, 0.6) is 0 Å². The van der Waals surface area contributed by atoms with E-state index in [-0.39, 0.29) is 0 Å². The zero-order valence-electron chi connectivity index (χ0n) is 11.7. The van der Waals surface area contributed by atoms with E-state index < -0.39 is 5.97 Å². The lowest BCUT2D eigenvalue weighted by Gasteiger charge is -2.07. The van der Waals surface area contributed by atoms with Crippen molar-refractivity contribution in [3.63, 3.8) is 0 Å². The summed E-state index contributed by atoms with van der Waals surface area (Å²) in [6, 6.07) is 7.65. The van der Waals surface area contributed by atoms with Crippen LogP contribution in [-0.4, -0.2) is 23.4 Å². The highest BCUT2D eigenvalue weighted by molar-refractivity contribution is 6.00. The van der Waals surface area contributed by atoms with E-state index in [4.69, 9.17) is 4.74 Å². The lowest BCUT2D eigenvalue weighted by Crippen LogP contribution is -2.11. The van der Waals surface area contributed by atoms with Gasteiger partial charge in [-0.05, 0) is 13.0 Å². The predicted molar refractivity (Wildman–Crippen MR) is 77.8 cm³/mol. The summed E-state index contributed by atoms with van der Waals surface area (Å²) in [7, 11) is 1.88. The molecule has 4 heteroatoms. The van der Waals surface area contributed by atoms with E-state index in [0.717, 1.165) is 22.9 Å². The van der Waals surface area contributed by atoms with Gasteiger partial charge < -0.3 is 9.30 Å². The molecule has 104 valence electrons. The van der Waals surface area contributed by atoms with Crippen LogP contribution >= 0.6 is 0 Å². The van der Waals surface area contributed by atoms with Gasteiger partial charge in [0.25, 0.3) is 0 Å². The van der Waals surface area contributed by atoms with E-state index >= 15 is 0 Å². The third-order valence-electron chi connectivity index (χ3n) is 3.33. The number of fused-ring (bicyclic) bond motifs is 1. The number of rotatable bonds is 5. The molecule has 0 saturated carbocycles. The van der Waals surface area contributed by atoms with Gasteiger partial charge in [0.15, 0.2) is 6.29 Å². The summed E-state index contributed by atoms with van der Waals surface area (Å²) in [5.41, 5.74) is 2.69. The predicted octanol–water partition coefficient (Wildman–Crippen LogP) is 2.65. The van der Waals surface area contributed by atoms with Crippen LogP contribution in [0.2, 0.25) is 0 Å². The Morgan fingerprint density at radius 1 is 1.40 bits per heavy atom. The quantitative estimate of drug-likeness (QED) is 0.477. The van der Waals surface area contributed by atoms with Gasteiger partial charge in [-0.15, -0.1) is 0 Å². The van der Waals surface area contributed by atoms with Gasteiger partial charge in [-0.25, -0.2) is 4.79 Å². The molecule has 0 unspecified atom stereocenters. The van der Waals surface area contributed by atoms with Crippen LogP contribution in [0.15, 0.2) is 36.4 Å². The topological polar surface area (TPSA) is 48.3 Å². The second kappa shape index (κ2) is 5.74. The van der Waals surface area contributed by atoms with Gasteiger partial charge in [0, 0.05) is 41.2 Å². The molecule has 2 rings (SSSR count). The smallest absolute Gasteiger partial charge is 0.333 e. The van der Waals surface area contributed by atoms with Gasteiger partial charge in [-0.3, -0.25) is 4.79 Å². The van der Waals surface area contributed by atoms with Crippen LogP contribution < -0.4 is 0 Å². The van der Waals surface area contributed by atoms with Gasteiger partial charge in [-0.1, -0.05) is 24.8 Å². The van der Waals surface area contributed by atoms with Crippen molar-refractivity contribution in [3.05, 3.63) is 47.7 Å². The molecule has 0 aliphatic heterocycles. The van der Waals surface area contributed by atoms with Crippen molar-refractivity contribution < 1.29 is 14.3 Å². The van der Waals surface area contributed by atoms with Crippen LogP contribution in [0.1, 0.15) is 23.0 Å². The summed E-state index contributed by atoms with van der Waals surface area (Å²) in [5.74, 6) is -0.422. The van der Waals surface area contributed by atoms with Crippen molar-refractivity contribution in [2.75, 3.05) is 6.61 Å². The Bertz CT molecular complexity index is 682. The molecule has 2 aromatic rings. The minimum absolute atomic E-state index is 0.304. The molecule has 0 aliphatic rings. The molecule has 1 aromatic heterocycles. The first-order chi connectivity index (χ1) is 9.60.